The summed E-state index contributed by atoms with van der Waals surface area (Å²) in [4.78, 5) is 12.9. The fourth-order valence-electron chi connectivity index (χ4n) is 7.88. The second kappa shape index (κ2) is 47.0. The van der Waals surface area contributed by atoms with Gasteiger partial charge in [0, 0.05) is 52.5 Å². The van der Waals surface area contributed by atoms with Crippen LogP contribution in [0.3, 0.4) is 0 Å². The zero-order valence-corrected chi connectivity index (χ0v) is 62.3. The molecule has 0 aliphatic carbocycles. The molecule has 0 aromatic heterocycles. The van der Waals surface area contributed by atoms with E-state index >= 15 is 0 Å². The first-order valence-electron chi connectivity index (χ1n) is 30.5. The van der Waals surface area contributed by atoms with Crippen LogP contribution in [0.15, 0.2) is 218 Å². The van der Waals surface area contributed by atoms with Gasteiger partial charge >= 0.3 is 0 Å². The Bertz CT molecular complexity index is 3470. The van der Waals surface area contributed by atoms with E-state index in [4.69, 9.17) is 74.3 Å². The van der Waals surface area contributed by atoms with Gasteiger partial charge in [-0.25, -0.2) is 0 Å². The Hall–Kier alpha value is -6.99. The molecule has 1 N–H and O–H groups in total. The van der Waals surface area contributed by atoms with Crippen molar-refractivity contribution in [2.45, 2.75) is 124 Å². The topological polar surface area (TPSA) is 41.6 Å². The van der Waals surface area contributed by atoms with Crippen molar-refractivity contribution in [2.24, 2.45) is 0 Å². The number of aryl methyl sites for hydroxylation is 14. The standard InChI is InChI=1S/C10H13NO.C10H14O.C9H13N.C9H12.2C8H10.3C7H6Cl2.C7H8/c1-7-4-5-8(2)10(6-7)11-9(3)12;1-3-7-11-10-6-4-5-9(2)8-10;1-8-4-6-9(7-5-8)10(2)3;1-7-4-8(2)6-9(3)5-7;1-7-3-5-8(2)6-4-7;1-7-4-3-5-8(2)6-7;1-5-2-6(8)4-7(9)3-5;1-5-2-3-6(8)7(9)4-5;1-5-6(8)3-2-4-7(5)9;1-7-5-3-2-4-6-7/h4-6H,1-3H3,(H,11,12);4-6,8H,3,7H2,1-2H3;4-7H,1-3H3;4-6H,1-3H3;2*3-6H,1-2H3;3*2-4H,1H3;2-6H,1H3. The van der Waals surface area contributed by atoms with Crippen molar-refractivity contribution >= 4 is 86.9 Å². The summed E-state index contributed by atoms with van der Waals surface area (Å²) in [5.74, 6) is 0.954. The Morgan fingerprint density at radius 3 is 1.10 bits per heavy atom. The van der Waals surface area contributed by atoms with Gasteiger partial charge in [0.1, 0.15) is 5.75 Å². The Kier molecular flexibility index (Phi) is 42.4. The Morgan fingerprint density at radius 1 is 0.359 bits per heavy atom. The van der Waals surface area contributed by atoms with E-state index < -0.39 is 0 Å². The number of rotatable bonds is 5. The lowest BCUT2D eigenvalue weighted by Crippen LogP contribution is -2.07. The molecule has 0 heterocycles. The summed E-state index contributed by atoms with van der Waals surface area (Å²) in [7, 11) is 4.09. The lowest BCUT2D eigenvalue weighted by Gasteiger charge is -2.11. The van der Waals surface area contributed by atoms with Gasteiger partial charge in [-0.3, -0.25) is 4.79 Å². The third-order valence-corrected chi connectivity index (χ3v) is 14.7. The van der Waals surface area contributed by atoms with Crippen LogP contribution in [0.5, 0.6) is 5.75 Å². The fraction of sp³-hybridized carbons (Fsp3) is 0.256. The van der Waals surface area contributed by atoms with Crippen LogP contribution >= 0.6 is 69.6 Å². The number of nitrogens with zero attached hydrogens (tertiary/aromatic N) is 1. The van der Waals surface area contributed by atoms with E-state index in [0.29, 0.717) is 20.1 Å². The molecule has 0 fully saturated rings. The van der Waals surface area contributed by atoms with Gasteiger partial charge in [0.05, 0.1) is 16.7 Å². The number of nitrogens with one attached hydrogen (secondary N) is 1. The molecule has 0 aliphatic heterocycles. The SMILES string of the molecule is CC(=O)Nc1cc(C)ccc1C.CCCOc1cccc(C)c1.Cc1c(Cl)cccc1Cl.Cc1cc(C)cc(C)c1.Cc1cc(Cl)cc(Cl)c1.Cc1ccc(C)cc1.Cc1ccc(Cl)c(Cl)c1.Cc1ccc(N(C)C)cc1.Cc1cccc(C)c1.Cc1ccccc1. The number of anilines is 2. The molecule has 0 saturated heterocycles. The fourth-order valence-corrected chi connectivity index (χ4v) is 9.27. The molecule has 10 aromatic rings. The van der Waals surface area contributed by atoms with Crippen molar-refractivity contribution in [3.63, 3.8) is 0 Å². The quantitative estimate of drug-likeness (QED) is 0.187. The van der Waals surface area contributed by atoms with Crippen molar-refractivity contribution in [2.75, 3.05) is 30.9 Å². The molecule has 0 bridgehead atoms. The molecule has 0 saturated carbocycles. The minimum absolute atomic E-state index is 0.0244. The third-order valence-electron chi connectivity index (χ3n) is 12.7. The van der Waals surface area contributed by atoms with Crippen molar-refractivity contribution in [3.05, 3.63) is 332 Å². The highest BCUT2D eigenvalue weighted by atomic mass is 35.5. The lowest BCUT2D eigenvalue weighted by molar-refractivity contribution is -0.114. The molecule has 490 valence electrons. The van der Waals surface area contributed by atoms with E-state index in [9.17, 15) is 4.79 Å². The number of carbonyl (C=O) groups is 1. The predicted molar refractivity (Wildman–Crippen MR) is 410 cm³/mol. The Morgan fingerprint density at radius 2 is 0.728 bits per heavy atom. The van der Waals surface area contributed by atoms with Crippen LogP contribution < -0.4 is 15.0 Å². The summed E-state index contributed by atoms with van der Waals surface area (Å²) in [6.07, 6.45) is 1.06. The maximum absolute atomic E-state index is 10.8. The van der Waals surface area contributed by atoms with Gasteiger partial charge in [-0.05, 0) is 216 Å². The van der Waals surface area contributed by atoms with Crippen LogP contribution in [0.2, 0.25) is 30.1 Å². The average Bonchev–Trinajstić information content (AvgIpc) is 1.78. The van der Waals surface area contributed by atoms with Crippen LogP contribution in [-0.4, -0.2) is 26.6 Å². The molecule has 1 amide bonds. The minimum Gasteiger partial charge on any atom is -0.494 e. The monoisotopic (exact) mass is 1350 g/mol. The van der Waals surface area contributed by atoms with Gasteiger partial charge in [0.15, 0.2) is 0 Å². The van der Waals surface area contributed by atoms with Gasteiger partial charge in [-0.1, -0.05) is 272 Å². The lowest BCUT2D eigenvalue weighted by atomic mass is 10.1. The van der Waals surface area contributed by atoms with E-state index in [-0.39, 0.29) is 5.91 Å². The molecule has 10 heteroatoms. The van der Waals surface area contributed by atoms with E-state index in [1.807, 2.05) is 140 Å². The minimum atomic E-state index is -0.0244. The molecule has 10 rings (SSSR count). The maximum Gasteiger partial charge on any atom is 0.221 e. The maximum atomic E-state index is 10.8. The second-order valence-corrected chi connectivity index (χ2v) is 25.2. The van der Waals surface area contributed by atoms with Gasteiger partial charge < -0.3 is 15.0 Å². The van der Waals surface area contributed by atoms with Gasteiger partial charge in [-0.2, -0.15) is 0 Å². The Balaban J connectivity index is 0.000000513. The molecule has 0 unspecified atom stereocenters. The number of carbonyl (C=O) groups excluding carboxylic acids is 1. The molecule has 92 heavy (non-hydrogen) atoms. The molecular formula is C82H98Cl6N2O2. The van der Waals surface area contributed by atoms with Crippen LogP contribution in [0.4, 0.5) is 11.4 Å². The smallest absolute Gasteiger partial charge is 0.221 e. The largest absolute Gasteiger partial charge is 0.494 e. The van der Waals surface area contributed by atoms with Crippen molar-refractivity contribution in [1.29, 1.82) is 0 Å². The van der Waals surface area contributed by atoms with Crippen molar-refractivity contribution in [3.8, 4) is 5.75 Å². The summed E-state index contributed by atoms with van der Waals surface area (Å²) in [6, 6.07) is 72.8. The van der Waals surface area contributed by atoms with Gasteiger partial charge in [0.2, 0.25) is 5.91 Å². The van der Waals surface area contributed by atoms with Gasteiger partial charge in [0.25, 0.3) is 0 Å². The summed E-state index contributed by atoms with van der Waals surface area (Å²) in [5, 5.41) is 6.85. The first-order chi connectivity index (χ1) is 43.4. The van der Waals surface area contributed by atoms with Crippen LogP contribution in [-0.2, 0) is 4.79 Å². The molecule has 0 atom stereocenters. The highest BCUT2D eigenvalue weighted by molar-refractivity contribution is 6.42. The predicted octanol–water partition coefficient (Wildman–Crippen LogP) is 26.2. The zero-order chi connectivity index (χ0) is 69.3. The normalized spacial score (nSPS) is 9.49. The van der Waals surface area contributed by atoms with Crippen LogP contribution in [0.25, 0.3) is 0 Å². The third kappa shape index (κ3) is 40.8. The molecule has 0 spiro atoms. The summed E-state index contributed by atoms with van der Waals surface area (Å²) in [5.41, 5.74) is 20.9. The molecule has 0 radical (unpaired) electrons. The summed E-state index contributed by atoms with van der Waals surface area (Å²) >= 11 is 34.1. The van der Waals surface area contributed by atoms with Crippen LogP contribution in [0, 0.1) is 104 Å². The molecular weight excluding hydrogens is 1260 g/mol. The number of benzene rings is 10. The average molecular weight is 1360 g/mol. The highest BCUT2D eigenvalue weighted by Crippen LogP contribution is 2.24. The van der Waals surface area contributed by atoms with Gasteiger partial charge in [-0.15, -0.1) is 0 Å². The number of amides is 1. The highest BCUT2D eigenvalue weighted by Gasteiger charge is 2.00. The zero-order valence-electron chi connectivity index (χ0n) is 57.7. The van der Waals surface area contributed by atoms with E-state index in [0.717, 1.165) is 62.3 Å². The van der Waals surface area contributed by atoms with Crippen molar-refractivity contribution in [1.82, 2.24) is 0 Å². The first kappa shape index (κ1) is 83.0. The molecule has 0 aliphatic rings. The van der Waals surface area contributed by atoms with E-state index in [2.05, 4.69) is 202 Å². The first-order valence-corrected chi connectivity index (χ1v) is 32.8. The van der Waals surface area contributed by atoms with Crippen molar-refractivity contribution < 1.29 is 9.53 Å². The number of ether oxygens (including phenoxy) is 1. The van der Waals surface area contributed by atoms with E-state index in [1.165, 1.54) is 68.2 Å². The van der Waals surface area contributed by atoms with Crippen LogP contribution in [0.1, 0.15) is 104 Å². The molecule has 4 nitrogen and oxygen atoms in total. The summed E-state index contributed by atoms with van der Waals surface area (Å²) < 4.78 is 5.44. The number of hydrogen-bond acceptors (Lipinski definition) is 3. The second-order valence-electron chi connectivity index (χ2n) is 22.7. The van der Waals surface area contributed by atoms with E-state index in [1.54, 1.807) is 12.1 Å². The number of halogens is 6. The number of hydrogen-bond donors (Lipinski definition) is 1. The Labute approximate surface area is 584 Å². The summed E-state index contributed by atoms with van der Waals surface area (Å²) in [6.45, 7) is 35.3. The molecule has 10 aromatic carbocycles.